The first-order valence-electron chi connectivity index (χ1n) is 14.1. The van der Waals surface area contributed by atoms with E-state index < -0.39 is 18.1 Å². The molecule has 3 atom stereocenters. The molecule has 8 nitrogen and oxygen atoms in total. The highest BCUT2D eigenvalue weighted by Crippen LogP contribution is 2.24. The molecule has 0 aliphatic carbocycles. The van der Waals surface area contributed by atoms with Crippen molar-refractivity contribution in [3.05, 3.63) is 97.1 Å². The summed E-state index contributed by atoms with van der Waals surface area (Å²) in [6.45, 7) is 7.86. The number of hydrogen-bond donors (Lipinski definition) is 2. The van der Waals surface area contributed by atoms with Crippen molar-refractivity contribution in [2.24, 2.45) is 5.92 Å². The zero-order valence-corrected chi connectivity index (χ0v) is 24.1. The van der Waals surface area contributed by atoms with Crippen LogP contribution < -0.4 is 5.32 Å². The number of nitrogens with zero attached hydrogens (tertiary/aromatic N) is 1. The number of unbranched alkanes of at least 4 members (excludes halogenated alkanes) is 2. The second kappa shape index (κ2) is 19.3. The number of amides is 2. The lowest BCUT2D eigenvalue weighted by molar-refractivity contribution is -0.153. The first kappa shape index (κ1) is 33.5. The number of rotatable bonds is 20. The highest BCUT2D eigenvalue weighted by atomic mass is 16.5. The second-order valence-corrected chi connectivity index (χ2v) is 9.88. The molecule has 2 amide bonds. The molecule has 0 bridgehead atoms. The topological polar surface area (TPSA) is 105 Å². The van der Waals surface area contributed by atoms with Gasteiger partial charge in [-0.05, 0) is 36.8 Å². The van der Waals surface area contributed by atoms with Gasteiger partial charge in [-0.3, -0.25) is 14.4 Å². The van der Waals surface area contributed by atoms with Gasteiger partial charge in [0.15, 0.2) is 0 Å². The molecule has 2 aromatic carbocycles. The van der Waals surface area contributed by atoms with Crippen molar-refractivity contribution in [3.63, 3.8) is 0 Å². The molecule has 2 rings (SSSR count). The number of carbonyl (C=O) groups is 3. The van der Waals surface area contributed by atoms with Crippen LogP contribution in [0.25, 0.3) is 0 Å². The van der Waals surface area contributed by atoms with Gasteiger partial charge in [0.05, 0.1) is 25.2 Å². The van der Waals surface area contributed by atoms with E-state index in [1.165, 1.54) is 7.11 Å². The van der Waals surface area contributed by atoms with Gasteiger partial charge in [-0.15, -0.1) is 13.2 Å². The Morgan fingerprint density at radius 3 is 2.29 bits per heavy atom. The van der Waals surface area contributed by atoms with Crippen LogP contribution in [0.5, 0.6) is 0 Å². The lowest BCUT2D eigenvalue weighted by atomic mass is 9.97. The van der Waals surface area contributed by atoms with E-state index in [1.54, 1.807) is 11.0 Å². The molecular weight excluding hydrogens is 520 g/mol. The van der Waals surface area contributed by atoms with Gasteiger partial charge in [0.1, 0.15) is 6.10 Å². The van der Waals surface area contributed by atoms with Crippen molar-refractivity contribution in [2.75, 3.05) is 26.9 Å². The maximum atomic E-state index is 13.6. The lowest BCUT2D eigenvalue weighted by Crippen LogP contribution is -2.47. The molecule has 2 aromatic rings. The summed E-state index contributed by atoms with van der Waals surface area (Å²) in [6, 6.07) is 18.0. The third kappa shape index (κ3) is 12.1. The zero-order chi connectivity index (χ0) is 29.9. The number of ether oxygens (including phenoxy) is 2. The van der Waals surface area contributed by atoms with Gasteiger partial charge in [0, 0.05) is 33.0 Å². The number of benzene rings is 2. The molecular formula is C33H44N2O6. The average molecular weight is 565 g/mol. The summed E-state index contributed by atoms with van der Waals surface area (Å²) in [5.74, 6) is -1.69. The van der Waals surface area contributed by atoms with Crippen LogP contribution in [-0.4, -0.2) is 60.7 Å². The van der Waals surface area contributed by atoms with Crippen molar-refractivity contribution in [1.82, 2.24) is 10.2 Å². The maximum Gasteiger partial charge on any atom is 0.306 e. The van der Waals surface area contributed by atoms with Crippen LogP contribution in [-0.2, 0) is 30.4 Å². The number of esters is 1. The molecule has 222 valence electrons. The van der Waals surface area contributed by atoms with E-state index in [-0.39, 0.29) is 56.8 Å². The van der Waals surface area contributed by atoms with Crippen LogP contribution in [0.1, 0.15) is 55.8 Å². The maximum absolute atomic E-state index is 13.6. The molecule has 0 heterocycles. The third-order valence-corrected chi connectivity index (χ3v) is 6.65. The predicted molar refractivity (Wildman–Crippen MR) is 160 cm³/mol. The fourth-order valence-electron chi connectivity index (χ4n) is 4.51. The number of hydrogen-bond acceptors (Lipinski definition) is 6. The van der Waals surface area contributed by atoms with Gasteiger partial charge >= 0.3 is 5.97 Å². The Balaban J connectivity index is 2.20. The molecule has 0 radical (unpaired) electrons. The Morgan fingerprint density at radius 1 is 1.00 bits per heavy atom. The van der Waals surface area contributed by atoms with E-state index in [0.29, 0.717) is 13.0 Å². The van der Waals surface area contributed by atoms with Gasteiger partial charge in [-0.2, -0.15) is 0 Å². The molecule has 3 unspecified atom stereocenters. The van der Waals surface area contributed by atoms with Crippen molar-refractivity contribution in [1.29, 1.82) is 0 Å². The fraction of sp³-hybridized carbons (Fsp3) is 0.424. The van der Waals surface area contributed by atoms with Crippen molar-refractivity contribution >= 4 is 17.8 Å². The quantitative estimate of drug-likeness (QED) is 0.137. The highest BCUT2D eigenvalue weighted by molar-refractivity contribution is 5.86. The molecule has 0 aliphatic heterocycles. The van der Waals surface area contributed by atoms with Crippen LogP contribution in [0.4, 0.5) is 0 Å². The minimum atomic E-state index is -0.781. The first-order chi connectivity index (χ1) is 19.9. The summed E-state index contributed by atoms with van der Waals surface area (Å²) in [5, 5.41) is 12.5. The molecule has 0 saturated heterocycles. The Morgan fingerprint density at radius 2 is 1.68 bits per heavy atom. The van der Waals surface area contributed by atoms with Crippen molar-refractivity contribution in [3.8, 4) is 0 Å². The standard InChI is InChI=1S/C33H44N2O6/c1-4-6-7-14-20-31(38)41-32(27-18-12-9-13-19-27)29(25-40-3)34-33(39)28(15-5-2)23-30(37)35(21-22-36)24-26-16-10-8-11-17-26/h4-5,8-13,16-19,28-29,32,36H,1-2,6-7,14-15,20-25H2,3H3,(H,34,39). The Labute approximate surface area is 244 Å². The Bertz CT molecular complexity index is 1080. The minimum Gasteiger partial charge on any atom is -0.455 e. The summed E-state index contributed by atoms with van der Waals surface area (Å²) in [5.41, 5.74) is 1.65. The molecule has 0 fully saturated rings. The summed E-state index contributed by atoms with van der Waals surface area (Å²) in [4.78, 5) is 41.2. The fourth-order valence-corrected chi connectivity index (χ4v) is 4.51. The highest BCUT2D eigenvalue weighted by Gasteiger charge is 2.32. The van der Waals surface area contributed by atoms with E-state index in [1.807, 2.05) is 66.7 Å². The van der Waals surface area contributed by atoms with Crippen molar-refractivity contribution in [2.45, 2.75) is 57.2 Å². The van der Waals surface area contributed by atoms with Crippen LogP contribution in [0.15, 0.2) is 86.0 Å². The largest absolute Gasteiger partial charge is 0.455 e. The molecule has 0 spiro atoms. The normalized spacial score (nSPS) is 12.9. The molecule has 0 aromatic heterocycles. The third-order valence-electron chi connectivity index (χ3n) is 6.65. The van der Waals surface area contributed by atoms with E-state index >= 15 is 0 Å². The second-order valence-electron chi connectivity index (χ2n) is 9.88. The van der Waals surface area contributed by atoms with E-state index in [4.69, 9.17) is 9.47 Å². The van der Waals surface area contributed by atoms with E-state index in [0.717, 1.165) is 24.0 Å². The van der Waals surface area contributed by atoms with Gasteiger partial charge in [-0.25, -0.2) is 0 Å². The molecule has 0 saturated carbocycles. The summed E-state index contributed by atoms with van der Waals surface area (Å²) in [6.07, 6.45) is 5.43. The van der Waals surface area contributed by atoms with Gasteiger partial charge < -0.3 is 24.8 Å². The SMILES string of the molecule is C=CCCCCC(=O)OC(c1ccccc1)C(COC)NC(=O)C(CC=C)CC(=O)N(CCO)Cc1ccccc1. The summed E-state index contributed by atoms with van der Waals surface area (Å²) >= 11 is 0. The van der Waals surface area contributed by atoms with Gasteiger partial charge in [-0.1, -0.05) is 72.8 Å². The van der Waals surface area contributed by atoms with E-state index in [9.17, 15) is 19.5 Å². The summed E-state index contributed by atoms with van der Waals surface area (Å²) in [7, 11) is 1.51. The zero-order valence-electron chi connectivity index (χ0n) is 24.1. The number of aliphatic hydroxyl groups excluding tert-OH is 1. The monoisotopic (exact) mass is 564 g/mol. The lowest BCUT2D eigenvalue weighted by Gasteiger charge is -2.30. The van der Waals surface area contributed by atoms with Crippen LogP contribution >= 0.6 is 0 Å². The number of nitrogens with one attached hydrogen (secondary N) is 1. The van der Waals surface area contributed by atoms with Crippen molar-refractivity contribution < 1.29 is 29.0 Å². The smallest absolute Gasteiger partial charge is 0.306 e. The Kier molecular flexibility index (Phi) is 15.8. The van der Waals surface area contributed by atoms with Crippen LogP contribution in [0, 0.1) is 5.92 Å². The number of aliphatic hydroxyl groups is 1. The van der Waals surface area contributed by atoms with Gasteiger partial charge in [0.25, 0.3) is 0 Å². The van der Waals surface area contributed by atoms with Crippen LogP contribution in [0.3, 0.4) is 0 Å². The van der Waals surface area contributed by atoms with Crippen LogP contribution in [0.2, 0.25) is 0 Å². The number of allylic oxidation sites excluding steroid dienone is 2. The predicted octanol–water partition coefficient (Wildman–Crippen LogP) is 4.75. The molecule has 2 N–H and O–H groups in total. The first-order valence-corrected chi connectivity index (χ1v) is 14.1. The van der Waals surface area contributed by atoms with Gasteiger partial charge in [0.2, 0.25) is 11.8 Å². The molecule has 41 heavy (non-hydrogen) atoms. The minimum absolute atomic E-state index is 0.0660. The average Bonchev–Trinajstić information content (AvgIpc) is 2.98. The number of methoxy groups -OCH3 is 1. The molecule has 8 heteroatoms. The molecule has 0 aliphatic rings. The summed E-state index contributed by atoms with van der Waals surface area (Å²) < 4.78 is 11.3. The van der Waals surface area contributed by atoms with E-state index in [2.05, 4.69) is 18.5 Å². The number of carbonyl (C=O) groups excluding carboxylic acids is 3. The Hall–Kier alpha value is -3.75.